The standard InChI is InChI=1S/C13H16ClN3/c1-9(15)12-7-16-17(10(12)2)8-11-5-3-4-6-13(11)14/h3-7,9H,8,15H2,1-2H3. The van der Waals surface area contributed by atoms with E-state index in [1.807, 2.05) is 49.0 Å². The van der Waals surface area contributed by atoms with Crippen molar-refractivity contribution in [3.8, 4) is 0 Å². The molecule has 0 saturated heterocycles. The van der Waals surface area contributed by atoms with E-state index >= 15 is 0 Å². The van der Waals surface area contributed by atoms with E-state index in [9.17, 15) is 0 Å². The van der Waals surface area contributed by atoms with Crippen molar-refractivity contribution < 1.29 is 0 Å². The smallest absolute Gasteiger partial charge is 0.0677 e. The van der Waals surface area contributed by atoms with Gasteiger partial charge >= 0.3 is 0 Å². The zero-order chi connectivity index (χ0) is 12.4. The third kappa shape index (κ3) is 2.51. The molecule has 0 radical (unpaired) electrons. The van der Waals surface area contributed by atoms with Crippen LogP contribution in [0.4, 0.5) is 0 Å². The van der Waals surface area contributed by atoms with Crippen LogP contribution in [0.25, 0.3) is 0 Å². The summed E-state index contributed by atoms with van der Waals surface area (Å²) >= 11 is 6.13. The zero-order valence-corrected chi connectivity index (χ0v) is 10.8. The predicted molar refractivity (Wildman–Crippen MR) is 70.1 cm³/mol. The normalized spacial score (nSPS) is 12.7. The number of hydrogen-bond donors (Lipinski definition) is 1. The highest BCUT2D eigenvalue weighted by molar-refractivity contribution is 6.31. The Balaban J connectivity index is 2.28. The SMILES string of the molecule is Cc1c(C(C)N)cnn1Cc1ccccc1Cl. The van der Waals surface area contributed by atoms with Gasteiger partial charge in [0.15, 0.2) is 0 Å². The maximum absolute atomic E-state index is 6.13. The summed E-state index contributed by atoms with van der Waals surface area (Å²) in [6.45, 7) is 4.67. The Bertz CT molecular complexity index is 517. The largest absolute Gasteiger partial charge is 0.324 e. The summed E-state index contributed by atoms with van der Waals surface area (Å²) in [5.74, 6) is 0. The molecule has 0 aliphatic heterocycles. The molecule has 0 bridgehead atoms. The molecule has 3 nitrogen and oxygen atoms in total. The van der Waals surface area contributed by atoms with Gasteiger partial charge in [0.1, 0.15) is 0 Å². The van der Waals surface area contributed by atoms with Crippen molar-refractivity contribution in [3.05, 3.63) is 52.3 Å². The van der Waals surface area contributed by atoms with Gasteiger partial charge in [-0.05, 0) is 25.5 Å². The molecule has 1 unspecified atom stereocenters. The molecule has 0 fully saturated rings. The van der Waals surface area contributed by atoms with Crippen molar-refractivity contribution >= 4 is 11.6 Å². The van der Waals surface area contributed by atoms with Gasteiger partial charge in [0.2, 0.25) is 0 Å². The van der Waals surface area contributed by atoms with Crippen LogP contribution >= 0.6 is 11.6 Å². The van der Waals surface area contributed by atoms with Crippen LogP contribution in [0.1, 0.15) is 29.8 Å². The van der Waals surface area contributed by atoms with Gasteiger partial charge in [-0.1, -0.05) is 29.8 Å². The molecule has 1 atom stereocenters. The third-order valence-corrected chi connectivity index (χ3v) is 3.28. The van der Waals surface area contributed by atoms with Crippen LogP contribution in [-0.4, -0.2) is 9.78 Å². The molecule has 0 amide bonds. The first-order valence-electron chi connectivity index (χ1n) is 5.61. The van der Waals surface area contributed by atoms with E-state index in [1.54, 1.807) is 0 Å². The second-order valence-corrected chi connectivity index (χ2v) is 4.63. The highest BCUT2D eigenvalue weighted by Gasteiger charge is 2.10. The summed E-state index contributed by atoms with van der Waals surface area (Å²) in [5, 5.41) is 5.12. The van der Waals surface area contributed by atoms with Crippen LogP contribution in [0.15, 0.2) is 30.5 Å². The van der Waals surface area contributed by atoms with Gasteiger partial charge in [0, 0.05) is 22.3 Å². The summed E-state index contributed by atoms with van der Waals surface area (Å²) < 4.78 is 1.93. The molecule has 1 aromatic heterocycles. The Morgan fingerprint density at radius 1 is 1.41 bits per heavy atom. The molecular weight excluding hydrogens is 234 g/mol. The Morgan fingerprint density at radius 3 is 2.71 bits per heavy atom. The molecule has 1 aromatic carbocycles. The van der Waals surface area contributed by atoms with Gasteiger partial charge in [0.25, 0.3) is 0 Å². The summed E-state index contributed by atoms with van der Waals surface area (Å²) in [4.78, 5) is 0. The van der Waals surface area contributed by atoms with Crippen molar-refractivity contribution in [3.63, 3.8) is 0 Å². The molecule has 4 heteroatoms. The van der Waals surface area contributed by atoms with Gasteiger partial charge in [-0.3, -0.25) is 4.68 Å². The highest BCUT2D eigenvalue weighted by Crippen LogP contribution is 2.19. The third-order valence-electron chi connectivity index (χ3n) is 2.91. The number of aromatic nitrogens is 2. The number of nitrogens with zero attached hydrogens (tertiary/aromatic N) is 2. The lowest BCUT2D eigenvalue weighted by Crippen LogP contribution is -2.08. The minimum Gasteiger partial charge on any atom is -0.324 e. The van der Waals surface area contributed by atoms with E-state index in [0.29, 0.717) is 6.54 Å². The van der Waals surface area contributed by atoms with Crippen LogP contribution in [0, 0.1) is 6.92 Å². The number of nitrogens with two attached hydrogens (primary N) is 1. The lowest BCUT2D eigenvalue weighted by atomic mass is 10.1. The van der Waals surface area contributed by atoms with Crippen LogP contribution in [0.3, 0.4) is 0 Å². The Hall–Kier alpha value is -1.32. The number of halogens is 1. The summed E-state index contributed by atoms with van der Waals surface area (Å²) in [6, 6.07) is 7.81. The number of rotatable bonds is 3. The second-order valence-electron chi connectivity index (χ2n) is 4.22. The van der Waals surface area contributed by atoms with E-state index in [4.69, 9.17) is 17.3 Å². The van der Waals surface area contributed by atoms with E-state index in [2.05, 4.69) is 5.10 Å². The van der Waals surface area contributed by atoms with Crippen molar-refractivity contribution in [1.82, 2.24) is 9.78 Å². The summed E-state index contributed by atoms with van der Waals surface area (Å²) in [6.07, 6.45) is 1.83. The molecule has 1 heterocycles. The molecule has 0 spiro atoms. The van der Waals surface area contributed by atoms with Crippen LogP contribution in [-0.2, 0) is 6.54 Å². The average Bonchev–Trinajstić information content (AvgIpc) is 2.64. The zero-order valence-electron chi connectivity index (χ0n) is 10.0. The molecule has 0 aliphatic carbocycles. The van der Waals surface area contributed by atoms with Gasteiger partial charge in [-0.25, -0.2) is 0 Å². The van der Waals surface area contributed by atoms with Gasteiger partial charge in [0.05, 0.1) is 12.7 Å². The molecular formula is C13H16ClN3. The van der Waals surface area contributed by atoms with E-state index in [0.717, 1.165) is 21.8 Å². The topological polar surface area (TPSA) is 43.8 Å². The van der Waals surface area contributed by atoms with E-state index in [1.165, 1.54) is 0 Å². The molecule has 2 aromatic rings. The predicted octanol–water partition coefficient (Wildman–Crippen LogP) is 2.91. The van der Waals surface area contributed by atoms with E-state index < -0.39 is 0 Å². The molecule has 0 aliphatic rings. The number of hydrogen-bond acceptors (Lipinski definition) is 2. The fraction of sp³-hybridized carbons (Fsp3) is 0.308. The van der Waals surface area contributed by atoms with E-state index in [-0.39, 0.29) is 6.04 Å². The van der Waals surface area contributed by atoms with Crippen LogP contribution in [0.2, 0.25) is 5.02 Å². The van der Waals surface area contributed by atoms with Crippen molar-refractivity contribution in [2.24, 2.45) is 5.73 Å². The average molecular weight is 250 g/mol. The Labute approximate surface area is 106 Å². The first-order chi connectivity index (χ1) is 8.09. The maximum atomic E-state index is 6.13. The number of benzene rings is 1. The summed E-state index contributed by atoms with van der Waals surface area (Å²) in [7, 11) is 0. The molecule has 2 N–H and O–H groups in total. The Morgan fingerprint density at radius 2 is 2.12 bits per heavy atom. The van der Waals surface area contributed by atoms with Gasteiger partial charge in [-0.2, -0.15) is 5.10 Å². The molecule has 17 heavy (non-hydrogen) atoms. The minimum absolute atomic E-state index is 0.00925. The molecule has 0 saturated carbocycles. The Kier molecular flexibility index (Phi) is 3.50. The van der Waals surface area contributed by atoms with Crippen LogP contribution < -0.4 is 5.73 Å². The quantitative estimate of drug-likeness (QED) is 0.909. The lowest BCUT2D eigenvalue weighted by Gasteiger charge is -2.08. The monoisotopic (exact) mass is 249 g/mol. The van der Waals surface area contributed by atoms with Gasteiger partial charge in [-0.15, -0.1) is 0 Å². The molecule has 2 rings (SSSR count). The maximum Gasteiger partial charge on any atom is 0.0677 e. The fourth-order valence-electron chi connectivity index (χ4n) is 1.86. The highest BCUT2D eigenvalue weighted by atomic mass is 35.5. The van der Waals surface area contributed by atoms with Gasteiger partial charge < -0.3 is 5.73 Å². The van der Waals surface area contributed by atoms with Crippen molar-refractivity contribution in [2.75, 3.05) is 0 Å². The fourth-order valence-corrected chi connectivity index (χ4v) is 2.05. The second kappa shape index (κ2) is 4.90. The lowest BCUT2D eigenvalue weighted by molar-refractivity contribution is 0.660. The first kappa shape index (κ1) is 12.1. The van der Waals surface area contributed by atoms with Crippen molar-refractivity contribution in [2.45, 2.75) is 26.4 Å². The molecule has 90 valence electrons. The minimum atomic E-state index is 0.00925. The summed E-state index contributed by atoms with van der Waals surface area (Å²) in [5.41, 5.74) is 9.12. The first-order valence-corrected chi connectivity index (χ1v) is 5.98. The van der Waals surface area contributed by atoms with Crippen molar-refractivity contribution in [1.29, 1.82) is 0 Å². The van der Waals surface area contributed by atoms with Crippen LogP contribution in [0.5, 0.6) is 0 Å².